The Hall–Kier alpha value is -1.05. The van der Waals surface area contributed by atoms with Crippen molar-refractivity contribution >= 4 is 27.2 Å². The highest BCUT2D eigenvalue weighted by atomic mass is 32.2. The lowest BCUT2D eigenvalue weighted by Gasteiger charge is -2.16. The molecule has 7 heteroatoms. The molecule has 0 aromatic heterocycles. The number of benzene rings is 1. The minimum absolute atomic E-state index is 0.0388. The van der Waals surface area contributed by atoms with E-state index in [-0.39, 0.29) is 21.5 Å². The summed E-state index contributed by atoms with van der Waals surface area (Å²) < 4.78 is 40.6. The van der Waals surface area contributed by atoms with Crippen molar-refractivity contribution < 1.29 is 12.8 Å². The molecule has 0 bridgehead atoms. The standard InChI is InChI=1S/C14H21FN2O2S2/c1-9(2)4-5-10(3)17-21(18,19)11-6-7-13(15)12(8-11)14(16)20/h6-10,17H,4-5H2,1-3H3,(H2,16,20). The second kappa shape index (κ2) is 7.29. The van der Waals surface area contributed by atoms with Gasteiger partial charge in [0.2, 0.25) is 10.0 Å². The minimum Gasteiger partial charge on any atom is -0.389 e. The van der Waals surface area contributed by atoms with Gasteiger partial charge in [-0.25, -0.2) is 17.5 Å². The summed E-state index contributed by atoms with van der Waals surface area (Å²) in [6.45, 7) is 5.96. The van der Waals surface area contributed by atoms with E-state index in [9.17, 15) is 12.8 Å². The monoisotopic (exact) mass is 332 g/mol. The van der Waals surface area contributed by atoms with Gasteiger partial charge in [-0.15, -0.1) is 0 Å². The second-order valence-electron chi connectivity index (χ2n) is 5.50. The van der Waals surface area contributed by atoms with Crippen LogP contribution in [-0.2, 0) is 10.0 Å². The van der Waals surface area contributed by atoms with Gasteiger partial charge in [-0.05, 0) is 43.9 Å². The van der Waals surface area contributed by atoms with Gasteiger partial charge in [-0.3, -0.25) is 0 Å². The molecule has 1 aromatic carbocycles. The lowest BCUT2D eigenvalue weighted by atomic mass is 10.1. The molecular formula is C14H21FN2O2S2. The van der Waals surface area contributed by atoms with Crippen LogP contribution in [0.3, 0.4) is 0 Å². The van der Waals surface area contributed by atoms with Crippen molar-refractivity contribution in [2.45, 2.75) is 44.6 Å². The van der Waals surface area contributed by atoms with Gasteiger partial charge in [-0.2, -0.15) is 0 Å². The first-order chi connectivity index (χ1) is 9.63. The van der Waals surface area contributed by atoms with E-state index in [4.69, 9.17) is 18.0 Å². The molecule has 0 aliphatic carbocycles. The highest BCUT2D eigenvalue weighted by molar-refractivity contribution is 7.89. The molecule has 0 spiro atoms. The average Bonchev–Trinajstić information content (AvgIpc) is 2.35. The smallest absolute Gasteiger partial charge is 0.240 e. The van der Waals surface area contributed by atoms with Crippen LogP contribution in [0.5, 0.6) is 0 Å². The summed E-state index contributed by atoms with van der Waals surface area (Å²) in [5.74, 6) is -0.127. The molecule has 3 N–H and O–H groups in total. The van der Waals surface area contributed by atoms with E-state index in [1.165, 1.54) is 6.07 Å². The Morgan fingerprint density at radius 3 is 2.48 bits per heavy atom. The number of thiocarbonyl (C=S) groups is 1. The topological polar surface area (TPSA) is 72.2 Å². The zero-order chi connectivity index (χ0) is 16.2. The largest absolute Gasteiger partial charge is 0.389 e. The average molecular weight is 332 g/mol. The zero-order valence-corrected chi connectivity index (χ0v) is 14.0. The third-order valence-electron chi connectivity index (χ3n) is 3.05. The third-order valence-corrected chi connectivity index (χ3v) is 4.85. The van der Waals surface area contributed by atoms with Crippen molar-refractivity contribution in [3.8, 4) is 0 Å². The van der Waals surface area contributed by atoms with Crippen LogP contribution in [0.15, 0.2) is 23.1 Å². The van der Waals surface area contributed by atoms with Crippen LogP contribution in [0.1, 0.15) is 39.2 Å². The van der Waals surface area contributed by atoms with Crippen LogP contribution < -0.4 is 10.5 Å². The molecule has 1 unspecified atom stereocenters. The molecule has 1 atom stereocenters. The van der Waals surface area contributed by atoms with E-state index >= 15 is 0 Å². The fourth-order valence-corrected chi connectivity index (χ4v) is 3.30. The fourth-order valence-electron chi connectivity index (χ4n) is 1.84. The van der Waals surface area contributed by atoms with Crippen molar-refractivity contribution in [1.82, 2.24) is 4.72 Å². The number of halogens is 1. The van der Waals surface area contributed by atoms with E-state index in [1.54, 1.807) is 6.92 Å². The third kappa shape index (κ3) is 5.33. The van der Waals surface area contributed by atoms with Crippen LogP contribution in [0.2, 0.25) is 0 Å². The molecule has 118 valence electrons. The minimum atomic E-state index is -3.71. The van der Waals surface area contributed by atoms with Crippen LogP contribution in [-0.4, -0.2) is 19.4 Å². The number of hydrogen-bond donors (Lipinski definition) is 2. The molecule has 0 fully saturated rings. The number of nitrogens with two attached hydrogens (primary N) is 1. The molecule has 0 saturated heterocycles. The Balaban J connectivity index is 2.93. The Morgan fingerprint density at radius 2 is 1.95 bits per heavy atom. The first-order valence-corrected chi connectivity index (χ1v) is 8.64. The van der Waals surface area contributed by atoms with Gasteiger partial charge in [0, 0.05) is 11.6 Å². The Labute approximate surface area is 131 Å². The molecule has 1 rings (SSSR count). The first-order valence-electron chi connectivity index (χ1n) is 6.75. The highest BCUT2D eigenvalue weighted by Gasteiger charge is 2.19. The first kappa shape index (κ1) is 18.0. The summed E-state index contributed by atoms with van der Waals surface area (Å²) in [4.78, 5) is -0.208. The van der Waals surface area contributed by atoms with Crippen LogP contribution >= 0.6 is 12.2 Å². The van der Waals surface area contributed by atoms with Crippen molar-refractivity contribution in [2.75, 3.05) is 0 Å². The Bertz CT molecular complexity index is 615. The number of hydrogen-bond acceptors (Lipinski definition) is 3. The Morgan fingerprint density at radius 1 is 1.33 bits per heavy atom. The van der Waals surface area contributed by atoms with Crippen molar-refractivity contribution in [2.24, 2.45) is 11.7 Å². The van der Waals surface area contributed by atoms with Crippen LogP contribution in [0, 0.1) is 11.7 Å². The van der Waals surface area contributed by atoms with Crippen molar-refractivity contribution in [3.63, 3.8) is 0 Å². The molecular weight excluding hydrogens is 311 g/mol. The molecule has 0 aliphatic heterocycles. The maximum atomic E-state index is 13.5. The molecule has 1 aromatic rings. The normalized spacial score (nSPS) is 13.4. The quantitative estimate of drug-likeness (QED) is 0.753. The number of sulfonamides is 1. The number of nitrogens with one attached hydrogen (secondary N) is 1. The van der Waals surface area contributed by atoms with E-state index in [0.717, 1.165) is 25.0 Å². The van der Waals surface area contributed by atoms with Crippen LogP contribution in [0.4, 0.5) is 4.39 Å². The predicted octanol–water partition coefficient (Wildman–Crippen LogP) is 2.56. The summed E-state index contributed by atoms with van der Waals surface area (Å²) in [6.07, 6.45) is 1.66. The molecule has 4 nitrogen and oxygen atoms in total. The summed E-state index contributed by atoms with van der Waals surface area (Å²) in [7, 11) is -3.71. The maximum absolute atomic E-state index is 13.5. The van der Waals surface area contributed by atoms with Crippen molar-refractivity contribution in [3.05, 3.63) is 29.6 Å². The highest BCUT2D eigenvalue weighted by Crippen LogP contribution is 2.16. The van der Waals surface area contributed by atoms with Gasteiger partial charge in [0.15, 0.2) is 0 Å². The van der Waals surface area contributed by atoms with E-state index in [2.05, 4.69) is 18.6 Å². The molecule has 0 amide bonds. The summed E-state index contributed by atoms with van der Waals surface area (Å²) in [5, 5.41) is 0. The van der Waals surface area contributed by atoms with E-state index in [0.29, 0.717) is 5.92 Å². The zero-order valence-electron chi connectivity index (χ0n) is 12.4. The molecule has 0 saturated carbocycles. The molecule has 0 radical (unpaired) electrons. The van der Waals surface area contributed by atoms with Crippen molar-refractivity contribution in [1.29, 1.82) is 0 Å². The number of rotatable bonds is 7. The van der Waals surface area contributed by atoms with Gasteiger partial charge in [0.05, 0.1) is 4.90 Å². The lowest BCUT2D eigenvalue weighted by Crippen LogP contribution is -2.33. The van der Waals surface area contributed by atoms with E-state index in [1.807, 2.05) is 0 Å². The van der Waals surface area contributed by atoms with Gasteiger partial charge < -0.3 is 5.73 Å². The molecule has 0 heterocycles. The Kier molecular flexibility index (Phi) is 6.24. The molecule has 21 heavy (non-hydrogen) atoms. The SMILES string of the molecule is CC(C)CCC(C)NS(=O)(=O)c1ccc(F)c(C(N)=S)c1. The predicted molar refractivity (Wildman–Crippen MR) is 86.1 cm³/mol. The molecule has 0 aliphatic rings. The van der Waals surface area contributed by atoms with E-state index < -0.39 is 15.8 Å². The fraction of sp³-hybridized carbons (Fsp3) is 0.500. The van der Waals surface area contributed by atoms with Gasteiger partial charge in [0.1, 0.15) is 10.8 Å². The van der Waals surface area contributed by atoms with Gasteiger partial charge in [-0.1, -0.05) is 26.1 Å². The second-order valence-corrected chi connectivity index (χ2v) is 7.65. The van der Waals surface area contributed by atoms with Gasteiger partial charge in [0.25, 0.3) is 0 Å². The summed E-state index contributed by atoms with van der Waals surface area (Å²) in [6, 6.07) is 3.22. The lowest BCUT2D eigenvalue weighted by molar-refractivity contribution is 0.485. The van der Waals surface area contributed by atoms with Crippen LogP contribution in [0.25, 0.3) is 0 Å². The summed E-state index contributed by atoms with van der Waals surface area (Å²) >= 11 is 4.71. The summed E-state index contributed by atoms with van der Waals surface area (Å²) in [5.41, 5.74) is 5.32. The van der Waals surface area contributed by atoms with Gasteiger partial charge >= 0.3 is 0 Å². The maximum Gasteiger partial charge on any atom is 0.240 e.